The Balaban J connectivity index is 2.11. The van der Waals surface area contributed by atoms with Crippen LogP contribution in [-0.2, 0) is 6.54 Å². The summed E-state index contributed by atoms with van der Waals surface area (Å²) in [5.41, 5.74) is 11.0. The minimum Gasteiger partial charge on any atom is -0.383 e. The number of nitrogens with two attached hydrogens (primary N) is 1. The Kier molecular flexibility index (Phi) is 2.85. The van der Waals surface area contributed by atoms with Gasteiger partial charge in [0.15, 0.2) is 0 Å². The second kappa shape index (κ2) is 4.41. The molecule has 0 unspecified atom stereocenters. The van der Waals surface area contributed by atoms with Gasteiger partial charge in [-0.1, -0.05) is 12.1 Å². The van der Waals surface area contributed by atoms with Crippen LogP contribution in [0.4, 0.5) is 5.82 Å². The van der Waals surface area contributed by atoms with Crippen molar-refractivity contribution in [2.24, 2.45) is 0 Å². The van der Waals surface area contributed by atoms with Crippen LogP contribution < -0.4 is 5.73 Å². The maximum Gasteiger partial charge on any atom is 0.131 e. The van der Waals surface area contributed by atoms with Crippen molar-refractivity contribution in [3.8, 4) is 11.3 Å². The molecule has 3 heteroatoms. The summed E-state index contributed by atoms with van der Waals surface area (Å²) in [6.45, 7) is 7.29. The molecule has 100 valence electrons. The Hall–Kier alpha value is -1.77. The highest BCUT2D eigenvalue weighted by Gasteiger charge is 2.30. The van der Waals surface area contributed by atoms with Crippen LogP contribution in [-0.4, -0.2) is 9.55 Å². The number of benzene rings is 1. The van der Waals surface area contributed by atoms with Crippen molar-refractivity contribution in [1.82, 2.24) is 9.55 Å². The van der Waals surface area contributed by atoms with Crippen LogP contribution >= 0.6 is 0 Å². The fraction of sp³-hybridized carbons (Fsp3) is 0.438. The highest BCUT2D eigenvalue weighted by atomic mass is 15.1. The van der Waals surface area contributed by atoms with Crippen LogP contribution in [0.5, 0.6) is 0 Å². The molecule has 1 aromatic carbocycles. The number of anilines is 1. The Morgan fingerprint density at radius 3 is 2.58 bits per heavy atom. The number of aryl methyl sites for hydroxylation is 2. The van der Waals surface area contributed by atoms with E-state index in [0.717, 1.165) is 23.6 Å². The van der Waals surface area contributed by atoms with E-state index in [1.165, 1.54) is 29.8 Å². The number of hydrogen-bond donors (Lipinski definition) is 1. The van der Waals surface area contributed by atoms with Crippen LogP contribution in [0.15, 0.2) is 18.2 Å². The average molecular weight is 255 g/mol. The second-order valence-corrected chi connectivity index (χ2v) is 5.52. The van der Waals surface area contributed by atoms with Gasteiger partial charge in [-0.15, -0.1) is 0 Å². The summed E-state index contributed by atoms with van der Waals surface area (Å²) in [6, 6.07) is 6.45. The molecule has 0 amide bonds. The monoisotopic (exact) mass is 255 g/mol. The second-order valence-electron chi connectivity index (χ2n) is 5.52. The van der Waals surface area contributed by atoms with Crippen LogP contribution in [0.1, 0.15) is 42.6 Å². The van der Waals surface area contributed by atoms with E-state index in [1.54, 1.807) is 0 Å². The van der Waals surface area contributed by atoms with Gasteiger partial charge in [0.2, 0.25) is 0 Å². The zero-order valence-corrected chi connectivity index (χ0v) is 11.9. The third-order valence-corrected chi connectivity index (χ3v) is 4.08. The first-order valence-electron chi connectivity index (χ1n) is 7.05. The summed E-state index contributed by atoms with van der Waals surface area (Å²) in [5.74, 6) is 2.61. The van der Waals surface area contributed by atoms with Crippen LogP contribution in [0, 0.1) is 13.8 Å². The molecule has 1 aromatic heterocycles. The first-order valence-corrected chi connectivity index (χ1v) is 7.05. The lowest BCUT2D eigenvalue weighted by Crippen LogP contribution is -2.04. The Labute approximate surface area is 114 Å². The lowest BCUT2D eigenvalue weighted by Gasteiger charge is -2.06. The highest BCUT2D eigenvalue weighted by Crippen LogP contribution is 2.42. The molecule has 19 heavy (non-hydrogen) atoms. The van der Waals surface area contributed by atoms with Crippen molar-refractivity contribution >= 4 is 5.82 Å². The lowest BCUT2D eigenvalue weighted by molar-refractivity contribution is 0.708. The van der Waals surface area contributed by atoms with Crippen molar-refractivity contribution < 1.29 is 0 Å². The number of nitrogens with zero attached hydrogens (tertiary/aromatic N) is 2. The fourth-order valence-corrected chi connectivity index (χ4v) is 2.57. The van der Waals surface area contributed by atoms with Gasteiger partial charge >= 0.3 is 0 Å². The average Bonchev–Trinajstić information content (AvgIpc) is 3.17. The lowest BCUT2D eigenvalue weighted by atomic mass is 10.0. The topological polar surface area (TPSA) is 43.8 Å². The molecule has 1 saturated carbocycles. The van der Waals surface area contributed by atoms with Crippen molar-refractivity contribution in [2.45, 2.75) is 46.1 Å². The SMILES string of the molecule is CCn1c(C2CC2)nc(-c2ccc(C)c(C)c2)c1N. The molecule has 1 fully saturated rings. The molecule has 0 bridgehead atoms. The summed E-state index contributed by atoms with van der Waals surface area (Å²) in [5, 5.41) is 0. The molecular formula is C16H21N3. The zero-order valence-electron chi connectivity index (χ0n) is 11.9. The van der Waals surface area contributed by atoms with Gasteiger partial charge in [-0.2, -0.15) is 0 Å². The number of rotatable bonds is 3. The van der Waals surface area contributed by atoms with E-state index in [4.69, 9.17) is 10.7 Å². The van der Waals surface area contributed by atoms with E-state index in [0.29, 0.717) is 5.92 Å². The highest BCUT2D eigenvalue weighted by molar-refractivity contribution is 5.72. The molecule has 0 radical (unpaired) electrons. The summed E-state index contributed by atoms with van der Waals surface area (Å²) < 4.78 is 2.17. The molecule has 1 aliphatic rings. The quantitative estimate of drug-likeness (QED) is 0.909. The predicted octanol–water partition coefficient (Wildman–Crippen LogP) is 3.65. The maximum atomic E-state index is 6.30. The van der Waals surface area contributed by atoms with Gasteiger partial charge in [0, 0.05) is 18.0 Å². The summed E-state index contributed by atoms with van der Waals surface area (Å²) in [7, 11) is 0. The van der Waals surface area contributed by atoms with E-state index in [9.17, 15) is 0 Å². The van der Waals surface area contributed by atoms with E-state index < -0.39 is 0 Å². The van der Waals surface area contributed by atoms with Crippen molar-refractivity contribution in [3.05, 3.63) is 35.2 Å². The van der Waals surface area contributed by atoms with E-state index in [2.05, 4.69) is 43.5 Å². The van der Waals surface area contributed by atoms with Gasteiger partial charge in [0.25, 0.3) is 0 Å². The number of imidazole rings is 1. The molecule has 0 spiro atoms. The molecule has 2 aromatic rings. The van der Waals surface area contributed by atoms with Crippen molar-refractivity contribution in [3.63, 3.8) is 0 Å². The fourth-order valence-electron chi connectivity index (χ4n) is 2.57. The van der Waals surface area contributed by atoms with Gasteiger partial charge in [0.1, 0.15) is 17.3 Å². The van der Waals surface area contributed by atoms with Crippen LogP contribution in [0.3, 0.4) is 0 Å². The normalized spacial score (nSPS) is 14.9. The molecule has 3 nitrogen and oxygen atoms in total. The van der Waals surface area contributed by atoms with Crippen LogP contribution in [0.2, 0.25) is 0 Å². The van der Waals surface area contributed by atoms with E-state index in [1.807, 2.05) is 0 Å². The Bertz CT molecular complexity index is 621. The maximum absolute atomic E-state index is 6.30. The summed E-state index contributed by atoms with van der Waals surface area (Å²) in [4.78, 5) is 4.82. The third-order valence-electron chi connectivity index (χ3n) is 4.08. The third kappa shape index (κ3) is 2.03. The smallest absolute Gasteiger partial charge is 0.131 e. The van der Waals surface area contributed by atoms with Gasteiger partial charge in [-0.05, 0) is 50.8 Å². The molecule has 2 N–H and O–H groups in total. The van der Waals surface area contributed by atoms with E-state index in [-0.39, 0.29) is 0 Å². The van der Waals surface area contributed by atoms with E-state index >= 15 is 0 Å². The van der Waals surface area contributed by atoms with Crippen LogP contribution in [0.25, 0.3) is 11.3 Å². The first kappa shape index (κ1) is 12.3. The summed E-state index contributed by atoms with van der Waals surface area (Å²) in [6.07, 6.45) is 2.51. The van der Waals surface area contributed by atoms with Gasteiger partial charge in [-0.3, -0.25) is 0 Å². The molecule has 1 aliphatic carbocycles. The largest absolute Gasteiger partial charge is 0.383 e. The molecule has 1 heterocycles. The Morgan fingerprint density at radius 2 is 2.00 bits per heavy atom. The molecule has 0 aliphatic heterocycles. The molecule has 0 atom stereocenters. The molecule has 3 rings (SSSR count). The number of aromatic nitrogens is 2. The first-order chi connectivity index (χ1) is 9.11. The number of nitrogen functional groups attached to an aromatic ring is 1. The zero-order chi connectivity index (χ0) is 13.6. The standard InChI is InChI=1S/C16H21N3/c1-4-19-15(17)14(18-16(19)12-7-8-12)13-6-5-10(2)11(3)9-13/h5-6,9,12H,4,7-8,17H2,1-3H3. The minimum atomic E-state index is 0.627. The summed E-state index contributed by atoms with van der Waals surface area (Å²) >= 11 is 0. The molecular weight excluding hydrogens is 234 g/mol. The van der Waals surface area contributed by atoms with Crippen molar-refractivity contribution in [1.29, 1.82) is 0 Å². The van der Waals surface area contributed by atoms with Crippen molar-refractivity contribution in [2.75, 3.05) is 5.73 Å². The molecule has 0 saturated heterocycles. The Morgan fingerprint density at radius 1 is 1.26 bits per heavy atom. The minimum absolute atomic E-state index is 0.627. The van der Waals surface area contributed by atoms with Gasteiger partial charge < -0.3 is 10.3 Å². The number of hydrogen-bond acceptors (Lipinski definition) is 2. The van der Waals surface area contributed by atoms with Gasteiger partial charge in [0.05, 0.1) is 0 Å². The van der Waals surface area contributed by atoms with Gasteiger partial charge in [-0.25, -0.2) is 4.98 Å². The predicted molar refractivity (Wildman–Crippen MR) is 79.2 cm³/mol.